The van der Waals surface area contributed by atoms with Crippen molar-refractivity contribution in [3.05, 3.63) is 69.7 Å². The molecule has 0 aliphatic carbocycles. The number of non-ortho nitro benzene ring substituents is 1. The Morgan fingerprint density at radius 3 is 2.76 bits per heavy atom. The van der Waals surface area contributed by atoms with Crippen molar-refractivity contribution >= 4 is 17.7 Å². The summed E-state index contributed by atoms with van der Waals surface area (Å²) < 4.78 is 10.9. The zero-order chi connectivity index (χ0) is 18.0. The van der Waals surface area contributed by atoms with Crippen molar-refractivity contribution in [3.63, 3.8) is 0 Å². The second kappa shape index (κ2) is 6.76. The Morgan fingerprint density at radius 2 is 2.04 bits per heavy atom. The lowest BCUT2D eigenvalue weighted by Crippen LogP contribution is -1.98. The standard InChI is InChI=1S/C19H17NO5/c1-12(2)8-17-11-14(19(21)25-17)10-16-6-7-18(24-16)13-4-3-5-15(9-13)20(22)23/h3-7,9-12H,8H2,1-2H3/b14-10-. The Balaban J connectivity index is 1.84. The molecule has 2 heterocycles. The molecule has 0 amide bonds. The molecule has 3 rings (SSSR count). The van der Waals surface area contributed by atoms with Crippen LogP contribution in [0, 0.1) is 16.0 Å². The molecule has 0 saturated carbocycles. The minimum Gasteiger partial charge on any atom is -0.457 e. The number of nitro benzene ring substituents is 1. The van der Waals surface area contributed by atoms with E-state index < -0.39 is 10.9 Å². The van der Waals surface area contributed by atoms with Crippen LogP contribution in [0.25, 0.3) is 17.4 Å². The Hall–Kier alpha value is -3.15. The van der Waals surface area contributed by atoms with Gasteiger partial charge in [0.05, 0.1) is 10.5 Å². The van der Waals surface area contributed by atoms with Gasteiger partial charge in [-0.2, -0.15) is 0 Å². The minimum atomic E-state index is -0.453. The molecule has 1 aliphatic heterocycles. The lowest BCUT2D eigenvalue weighted by Gasteiger charge is -2.03. The summed E-state index contributed by atoms with van der Waals surface area (Å²) in [6, 6.07) is 9.62. The number of esters is 1. The molecule has 6 nitrogen and oxygen atoms in total. The van der Waals surface area contributed by atoms with E-state index in [1.54, 1.807) is 36.4 Å². The smallest absolute Gasteiger partial charge is 0.343 e. The average molecular weight is 339 g/mol. The third-order valence-corrected chi connectivity index (χ3v) is 3.65. The van der Waals surface area contributed by atoms with E-state index in [1.807, 2.05) is 13.8 Å². The van der Waals surface area contributed by atoms with Gasteiger partial charge in [0.2, 0.25) is 0 Å². The number of allylic oxidation sites excluding steroid dienone is 1. The molecule has 0 atom stereocenters. The van der Waals surface area contributed by atoms with Crippen LogP contribution in [0.3, 0.4) is 0 Å². The van der Waals surface area contributed by atoms with Gasteiger partial charge in [0.25, 0.3) is 5.69 Å². The van der Waals surface area contributed by atoms with Crippen molar-refractivity contribution in [2.75, 3.05) is 0 Å². The number of nitrogens with zero attached hydrogens (tertiary/aromatic N) is 1. The summed E-state index contributed by atoms with van der Waals surface area (Å²) in [4.78, 5) is 22.3. The van der Waals surface area contributed by atoms with Gasteiger partial charge in [0.15, 0.2) is 0 Å². The number of furan rings is 1. The third-order valence-electron chi connectivity index (χ3n) is 3.65. The number of hydrogen-bond donors (Lipinski definition) is 0. The van der Waals surface area contributed by atoms with Gasteiger partial charge in [-0.15, -0.1) is 0 Å². The summed E-state index contributed by atoms with van der Waals surface area (Å²) in [5.41, 5.74) is 1.02. The number of benzene rings is 1. The number of carbonyl (C=O) groups excluding carboxylic acids is 1. The van der Waals surface area contributed by atoms with Crippen LogP contribution < -0.4 is 0 Å². The lowest BCUT2D eigenvalue weighted by molar-refractivity contribution is -0.384. The van der Waals surface area contributed by atoms with E-state index in [4.69, 9.17) is 9.15 Å². The van der Waals surface area contributed by atoms with Crippen LogP contribution in [0.15, 0.2) is 58.2 Å². The average Bonchev–Trinajstić information content (AvgIpc) is 3.14. The quantitative estimate of drug-likeness (QED) is 0.340. The number of cyclic esters (lactones) is 1. The molecule has 6 heteroatoms. The second-order valence-electron chi connectivity index (χ2n) is 6.21. The molecule has 1 aromatic heterocycles. The van der Waals surface area contributed by atoms with Gasteiger partial charge in [0.1, 0.15) is 17.3 Å². The fourth-order valence-electron chi connectivity index (χ4n) is 2.55. The molecule has 1 aliphatic rings. The molecule has 0 saturated heterocycles. The van der Waals surface area contributed by atoms with Gasteiger partial charge in [-0.3, -0.25) is 10.1 Å². The fourth-order valence-corrected chi connectivity index (χ4v) is 2.55. The largest absolute Gasteiger partial charge is 0.457 e. The van der Waals surface area contributed by atoms with Crippen LogP contribution in [-0.4, -0.2) is 10.9 Å². The van der Waals surface area contributed by atoms with Crippen molar-refractivity contribution in [1.82, 2.24) is 0 Å². The van der Waals surface area contributed by atoms with Gasteiger partial charge < -0.3 is 9.15 Å². The van der Waals surface area contributed by atoms with Crippen LogP contribution >= 0.6 is 0 Å². The molecular formula is C19H17NO5. The van der Waals surface area contributed by atoms with E-state index in [1.165, 1.54) is 12.1 Å². The van der Waals surface area contributed by atoms with Crippen LogP contribution in [-0.2, 0) is 9.53 Å². The van der Waals surface area contributed by atoms with Crippen molar-refractivity contribution in [1.29, 1.82) is 0 Å². The Kier molecular flexibility index (Phi) is 4.52. The summed E-state index contributed by atoms with van der Waals surface area (Å²) in [6.07, 6.45) is 4.02. The topological polar surface area (TPSA) is 82.6 Å². The van der Waals surface area contributed by atoms with E-state index in [0.29, 0.717) is 40.8 Å². The first-order valence-electron chi connectivity index (χ1n) is 7.91. The lowest BCUT2D eigenvalue weighted by atomic mass is 10.1. The fraction of sp³-hybridized carbons (Fsp3) is 0.211. The van der Waals surface area contributed by atoms with Crippen LogP contribution in [0.5, 0.6) is 0 Å². The Bertz CT molecular complexity index is 889. The molecule has 0 unspecified atom stereocenters. The predicted octanol–water partition coefficient (Wildman–Crippen LogP) is 4.73. The number of carbonyl (C=O) groups is 1. The number of ether oxygens (including phenoxy) is 1. The summed E-state index contributed by atoms with van der Waals surface area (Å²) in [6.45, 7) is 4.10. The second-order valence-corrected chi connectivity index (χ2v) is 6.21. The van der Waals surface area contributed by atoms with Crippen molar-refractivity contribution in [2.45, 2.75) is 20.3 Å². The Morgan fingerprint density at radius 1 is 1.24 bits per heavy atom. The summed E-state index contributed by atoms with van der Waals surface area (Å²) in [5.74, 6) is 1.62. The van der Waals surface area contributed by atoms with Crippen molar-refractivity contribution in [2.24, 2.45) is 5.92 Å². The number of nitro groups is 1. The summed E-state index contributed by atoms with van der Waals surface area (Å²) in [5, 5.41) is 10.9. The zero-order valence-corrected chi connectivity index (χ0v) is 13.9. The van der Waals surface area contributed by atoms with Crippen LogP contribution in [0.2, 0.25) is 0 Å². The van der Waals surface area contributed by atoms with E-state index in [9.17, 15) is 14.9 Å². The van der Waals surface area contributed by atoms with Crippen molar-refractivity contribution < 1.29 is 18.9 Å². The molecular weight excluding hydrogens is 322 g/mol. The highest BCUT2D eigenvalue weighted by atomic mass is 16.6. The first-order chi connectivity index (χ1) is 11.9. The monoisotopic (exact) mass is 339 g/mol. The molecule has 0 spiro atoms. The third kappa shape index (κ3) is 3.85. The maximum absolute atomic E-state index is 11.9. The van der Waals surface area contributed by atoms with Crippen LogP contribution in [0.1, 0.15) is 26.0 Å². The van der Waals surface area contributed by atoms with Gasteiger partial charge in [-0.1, -0.05) is 26.0 Å². The molecule has 0 N–H and O–H groups in total. The highest BCUT2D eigenvalue weighted by Crippen LogP contribution is 2.28. The van der Waals surface area contributed by atoms with Gasteiger partial charge in [0, 0.05) is 24.1 Å². The Labute approximate surface area is 144 Å². The van der Waals surface area contributed by atoms with E-state index >= 15 is 0 Å². The number of rotatable bonds is 5. The van der Waals surface area contributed by atoms with E-state index in [2.05, 4.69) is 0 Å². The number of hydrogen-bond acceptors (Lipinski definition) is 5. The van der Waals surface area contributed by atoms with Gasteiger partial charge in [-0.05, 0) is 30.2 Å². The molecule has 0 fully saturated rings. The van der Waals surface area contributed by atoms with Gasteiger partial charge in [-0.25, -0.2) is 4.79 Å². The normalized spacial score (nSPS) is 15.6. The van der Waals surface area contributed by atoms with Crippen LogP contribution in [0.4, 0.5) is 5.69 Å². The molecule has 0 bridgehead atoms. The predicted molar refractivity (Wildman–Crippen MR) is 92.4 cm³/mol. The molecule has 25 heavy (non-hydrogen) atoms. The first kappa shape index (κ1) is 16.7. The highest BCUT2D eigenvalue weighted by Gasteiger charge is 2.21. The van der Waals surface area contributed by atoms with Gasteiger partial charge >= 0.3 is 5.97 Å². The maximum Gasteiger partial charge on any atom is 0.343 e. The zero-order valence-electron chi connectivity index (χ0n) is 13.9. The van der Waals surface area contributed by atoms with Crippen molar-refractivity contribution in [3.8, 4) is 11.3 Å². The SMILES string of the molecule is CC(C)CC1=C/C(=C/c2ccc(-c3cccc([N+](=O)[O-])c3)o2)C(=O)O1. The molecule has 128 valence electrons. The minimum absolute atomic E-state index is 0.00515. The summed E-state index contributed by atoms with van der Waals surface area (Å²) >= 11 is 0. The highest BCUT2D eigenvalue weighted by molar-refractivity contribution is 5.99. The molecule has 0 radical (unpaired) electrons. The van der Waals surface area contributed by atoms with E-state index in [0.717, 1.165) is 0 Å². The maximum atomic E-state index is 11.9. The first-order valence-corrected chi connectivity index (χ1v) is 7.91. The molecule has 2 aromatic rings. The van der Waals surface area contributed by atoms with E-state index in [-0.39, 0.29) is 5.69 Å². The summed E-state index contributed by atoms with van der Waals surface area (Å²) in [7, 11) is 0. The molecule has 1 aromatic carbocycles.